The second-order valence-corrected chi connectivity index (χ2v) is 13.6. The van der Waals surface area contributed by atoms with Crippen molar-refractivity contribution in [1.82, 2.24) is 29.9 Å². The van der Waals surface area contributed by atoms with Crippen molar-refractivity contribution in [3.63, 3.8) is 0 Å². The zero-order chi connectivity index (χ0) is 40.4. The molecule has 0 saturated carbocycles. The Morgan fingerprint density at radius 1 is 0.345 bits per heavy atom. The third-order valence-electron chi connectivity index (χ3n) is 8.75. The van der Waals surface area contributed by atoms with Crippen LogP contribution in [-0.4, -0.2) is 29.9 Å². The van der Waals surface area contributed by atoms with E-state index in [1.165, 1.54) is 0 Å². The van der Waals surface area contributed by atoms with Gasteiger partial charge in [-0.3, -0.25) is 19.9 Å². The number of aromatic nitrogens is 6. The van der Waals surface area contributed by atoms with Gasteiger partial charge in [-0.1, -0.05) is 132 Å². The molecular weight excluding hydrogens is 709 g/mol. The summed E-state index contributed by atoms with van der Waals surface area (Å²) in [5.74, 6) is 0. The Kier molecular flexibility index (Phi) is 14.6. The lowest BCUT2D eigenvalue weighted by atomic mass is 10.1. The molecular formula is C52H46N6. The highest BCUT2D eigenvalue weighted by Gasteiger charge is 2.09. The van der Waals surface area contributed by atoms with E-state index in [1.807, 2.05) is 72.8 Å². The molecule has 6 nitrogen and oxygen atoms in total. The van der Waals surface area contributed by atoms with Gasteiger partial charge >= 0.3 is 0 Å². The van der Waals surface area contributed by atoms with Crippen LogP contribution in [0.5, 0.6) is 0 Å². The van der Waals surface area contributed by atoms with Crippen LogP contribution in [0.3, 0.4) is 0 Å². The van der Waals surface area contributed by atoms with Gasteiger partial charge in [-0.15, -0.1) is 0 Å². The third kappa shape index (κ3) is 12.5. The van der Waals surface area contributed by atoms with Gasteiger partial charge in [-0.2, -0.15) is 0 Å². The Labute approximate surface area is 342 Å². The van der Waals surface area contributed by atoms with Gasteiger partial charge in [0.15, 0.2) is 0 Å². The Morgan fingerprint density at radius 3 is 0.879 bits per heavy atom. The Bertz CT molecular complexity index is 2260. The minimum Gasteiger partial charge on any atom is -0.255 e. The van der Waals surface area contributed by atoms with Crippen molar-refractivity contribution < 1.29 is 0 Å². The van der Waals surface area contributed by atoms with Crippen LogP contribution in [0.4, 0.5) is 0 Å². The fourth-order valence-electron chi connectivity index (χ4n) is 5.65. The molecule has 58 heavy (non-hydrogen) atoms. The summed E-state index contributed by atoms with van der Waals surface area (Å²) in [5, 5.41) is 0. The summed E-state index contributed by atoms with van der Waals surface area (Å²) in [7, 11) is 0. The highest BCUT2D eigenvalue weighted by molar-refractivity contribution is 5.70. The molecule has 6 rings (SSSR count). The number of hydrogen-bond donors (Lipinski definition) is 0. The Balaban J connectivity index is 1.04. The number of pyridine rings is 6. The van der Waals surface area contributed by atoms with Crippen molar-refractivity contribution in [2.75, 3.05) is 0 Å². The largest absolute Gasteiger partial charge is 0.255 e. The van der Waals surface area contributed by atoms with Gasteiger partial charge in [0, 0.05) is 24.8 Å². The summed E-state index contributed by atoms with van der Waals surface area (Å²) in [5.41, 5.74) is 13.2. The van der Waals surface area contributed by atoms with Crippen molar-refractivity contribution in [2.24, 2.45) is 0 Å². The zero-order valence-electron chi connectivity index (χ0n) is 33.3. The summed E-state index contributed by atoms with van der Waals surface area (Å²) in [6.07, 6.45) is 36.4. The molecule has 0 fully saturated rings. The van der Waals surface area contributed by atoms with Crippen LogP contribution < -0.4 is 0 Å². The standard InChI is InChI=1S/C52H46N6/c1-39(17-5-7-19-41(3)27-29-43-35-49(45-21-9-13-31-53-45)57-50(36-43)46-22-10-14-32-54-46)25-26-40(2)18-6-8-20-42(4)28-30-44-37-51(47-23-11-15-33-55-47)58-52(38-44)48-24-12-16-34-56-48/h5-38H,1-4H3/b7-5+,8-6+,26-25+,29-27+,30-28+,39-17+,40-18+,41-19+,42-20+. The molecule has 0 N–H and O–H groups in total. The summed E-state index contributed by atoms with van der Waals surface area (Å²) >= 11 is 0. The van der Waals surface area contributed by atoms with Crippen LogP contribution >= 0.6 is 0 Å². The molecule has 0 unspecified atom stereocenters. The fraction of sp³-hybridized carbons (Fsp3) is 0.0769. The maximum Gasteiger partial charge on any atom is 0.0900 e. The van der Waals surface area contributed by atoms with Crippen molar-refractivity contribution >= 4 is 12.2 Å². The SMILES string of the molecule is CC(/C=C/C(C)=C/C=C/C=C(C)/C=C/c1cc(-c2ccccn2)nc(-c2ccccn2)c1)=C\C=C\C=C(C)\C=C\c1cc(-c2ccccn2)nc(-c2ccccn2)c1. The number of allylic oxidation sites excluding steroid dienone is 16. The molecule has 0 aliphatic carbocycles. The van der Waals surface area contributed by atoms with E-state index in [0.717, 1.165) is 79.0 Å². The second kappa shape index (κ2) is 21.0. The zero-order valence-corrected chi connectivity index (χ0v) is 33.3. The van der Waals surface area contributed by atoms with E-state index in [0.29, 0.717) is 0 Å². The molecule has 0 radical (unpaired) electrons. The Hall–Kier alpha value is -7.44. The monoisotopic (exact) mass is 754 g/mol. The van der Waals surface area contributed by atoms with Gasteiger partial charge in [0.05, 0.1) is 45.6 Å². The predicted molar refractivity (Wildman–Crippen MR) is 242 cm³/mol. The van der Waals surface area contributed by atoms with Crippen molar-refractivity contribution in [3.05, 3.63) is 228 Å². The number of nitrogens with zero attached hydrogens (tertiary/aromatic N) is 6. The molecule has 0 spiro atoms. The first-order valence-corrected chi connectivity index (χ1v) is 19.2. The van der Waals surface area contributed by atoms with Crippen LogP contribution in [-0.2, 0) is 0 Å². The van der Waals surface area contributed by atoms with Gasteiger partial charge in [0.2, 0.25) is 0 Å². The lowest BCUT2D eigenvalue weighted by molar-refractivity contribution is 1.21. The average Bonchev–Trinajstić information content (AvgIpc) is 3.28. The first-order valence-electron chi connectivity index (χ1n) is 19.2. The molecule has 0 amide bonds. The van der Waals surface area contributed by atoms with Crippen molar-refractivity contribution in [2.45, 2.75) is 27.7 Å². The molecule has 0 saturated heterocycles. The maximum absolute atomic E-state index is 4.85. The van der Waals surface area contributed by atoms with E-state index < -0.39 is 0 Å². The van der Waals surface area contributed by atoms with Gasteiger partial charge in [0.1, 0.15) is 0 Å². The fourth-order valence-corrected chi connectivity index (χ4v) is 5.65. The predicted octanol–water partition coefficient (Wildman–Crippen LogP) is 12.9. The summed E-state index contributed by atoms with van der Waals surface area (Å²) in [6.45, 7) is 8.38. The summed E-state index contributed by atoms with van der Waals surface area (Å²) in [6, 6.07) is 31.6. The molecule has 0 bridgehead atoms. The molecule has 0 aliphatic rings. The highest BCUT2D eigenvalue weighted by Crippen LogP contribution is 2.25. The van der Waals surface area contributed by atoms with Crippen molar-refractivity contribution in [3.8, 4) is 45.6 Å². The highest BCUT2D eigenvalue weighted by atomic mass is 14.8. The van der Waals surface area contributed by atoms with Crippen LogP contribution in [0, 0.1) is 0 Å². The average molecular weight is 755 g/mol. The van der Waals surface area contributed by atoms with E-state index >= 15 is 0 Å². The smallest absolute Gasteiger partial charge is 0.0900 e. The molecule has 6 heterocycles. The maximum atomic E-state index is 4.85. The quantitative estimate of drug-likeness (QED) is 0.103. The summed E-state index contributed by atoms with van der Waals surface area (Å²) < 4.78 is 0. The van der Waals surface area contributed by atoms with E-state index in [1.54, 1.807) is 24.8 Å². The summed E-state index contributed by atoms with van der Waals surface area (Å²) in [4.78, 5) is 27.7. The van der Waals surface area contributed by atoms with E-state index in [-0.39, 0.29) is 0 Å². The lowest BCUT2D eigenvalue weighted by Gasteiger charge is -2.06. The normalized spacial score (nSPS) is 13.2. The third-order valence-corrected chi connectivity index (χ3v) is 8.75. The number of hydrogen-bond acceptors (Lipinski definition) is 6. The molecule has 6 heteroatoms. The molecule has 6 aromatic heterocycles. The molecule has 0 aromatic carbocycles. The van der Waals surface area contributed by atoms with Crippen LogP contribution in [0.1, 0.15) is 38.8 Å². The van der Waals surface area contributed by atoms with Gasteiger partial charge in [0.25, 0.3) is 0 Å². The first kappa shape index (κ1) is 40.2. The van der Waals surface area contributed by atoms with E-state index in [9.17, 15) is 0 Å². The van der Waals surface area contributed by atoms with Gasteiger partial charge in [-0.25, -0.2) is 9.97 Å². The Morgan fingerprint density at radius 2 is 0.621 bits per heavy atom. The van der Waals surface area contributed by atoms with Gasteiger partial charge in [-0.05, 0) is 112 Å². The molecule has 284 valence electrons. The minimum atomic E-state index is 0.810. The minimum absolute atomic E-state index is 0.810. The van der Waals surface area contributed by atoms with E-state index in [2.05, 4.69) is 157 Å². The molecule has 0 atom stereocenters. The topological polar surface area (TPSA) is 77.3 Å². The first-order chi connectivity index (χ1) is 28.4. The van der Waals surface area contributed by atoms with Crippen LogP contribution in [0.2, 0.25) is 0 Å². The van der Waals surface area contributed by atoms with E-state index in [4.69, 9.17) is 9.97 Å². The number of rotatable bonds is 14. The molecule has 6 aromatic rings. The molecule has 0 aliphatic heterocycles. The second-order valence-electron chi connectivity index (χ2n) is 13.6. The van der Waals surface area contributed by atoms with Crippen LogP contribution in [0.25, 0.3) is 57.7 Å². The van der Waals surface area contributed by atoms with Crippen molar-refractivity contribution in [1.29, 1.82) is 0 Å². The van der Waals surface area contributed by atoms with Gasteiger partial charge < -0.3 is 0 Å². The van der Waals surface area contributed by atoms with Crippen LogP contribution in [0.15, 0.2) is 217 Å². The lowest BCUT2D eigenvalue weighted by Crippen LogP contribution is -1.93.